The maximum absolute atomic E-state index is 12.7. The van der Waals surface area contributed by atoms with Crippen molar-refractivity contribution in [3.8, 4) is 11.5 Å². The number of ether oxygens (including phenoxy) is 2. The first kappa shape index (κ1) is 21.4. The molecule has 7 heteroatoms. The number of hydrogen-bond acceptors (Lipinski definition) is 5. The molecule has 0 saturated carbocycles. The molecular weight excluding hydrogens is 384 g/mol. The maximum Gasteiger partial charge on any atom is 0.240 e. The van der Waals surface area contributed by atoms with Crippen LogP contribution in [0.1, 0.15) is 16.7 Å². The molecule has 0 radical (unpaired) electrons. The van der Waals surface area contributed by atoms with Gasteiger partial charge in [0.05, 0.1) is 33.3 Å². The van der Waals surface area contributed by atoms with Gasteiger partial charge in [-0.3, -0.25) is 9.59 Å². The van der Waals surface area contributed by atoms with Gasteiger partial charge < -0.3 is 24.8 Å². The van der Waals surface area contributed by atoms with Crippen LogP contribution in [0.15, 0.2) is 48.7 Å². The van der Waals surface area contributed by atoms with Crippen LogP contribution in [-0.2, 0) is 22.4 Å². The minimum Gasteiger partial charge on any atom is -0.493 e. The van der Waals surface area contributed by atoms with Crippen LogP contribution in [0.5, 0.6) is 11.5 Å². The molecule has 30 heavy (non-hydrogen) atoms. The summed E-state index contributed by atoms with van der Waals surface area (Å²) in [6.07, 6.45) is 4.04. The van der Waals surface area contributed by atoms with E-state index in [1.807, 2.05) is 36.4 Å². The SMILES string of the molecule is COc1cc2c(cc1OC)CC(=O)N(CC(=O)NC(CO)Cc1ccccc1)C=C2. The number of fused-ring (bicyclic) bond motifs is 1. The Morgan fingerprint density at radius 2 is 1.87 bits per heavy atom. The summed E-state index contributed by atoms with van der Waals surface area (Å²) < 4.78 is 10.6. The number of nitrogens with zero attached hydrogens (tertiary/aromatic N) is 1. The van der Waals surface area contributed by atoms with Crippen molar-refractivity contribution >= 4 is 17.9 Å². The molecule has 2 aromatic carbocycles. The van der Waals surface area contributed by atoms with Gasteiger partial charge in [0.25, 0.3) is 0 Å². The van der Waals surface area contributed by atoms with E-state index in [9.17, 15) is 14.7 Å². The zero-order chi connectivity index (χ0) is 21.5. The van der Waals surface area contributed by atoms with Gasteiger partial charge in [0, 0.05) is 6.20 Å². The van der Waals surface area contributed by atoms with Gasteiger partial charge in [-0.15, -0.1) is 0 Å². The van der Waals surface area contributed by atoms with E-state index in [0.29, 0.717) is 17.9 Å². The van der Waals surface area contributed by atoms with Gasteiger partial charge in [0.15, 0.2) is 11.5 Å². The third-order valence-electron chi connectivity index (χ3n) is 4.97. The number of carbonyl (C=O) groups is 2. The smallest absolute Gasteiger partial charge is 0.240 e. The molecule has 0 saturated heterocycles. The van der Waals surface area contributed by atoms with Crippen molar-refractivity contribution in [1.29, 1.82) is 0 Å². The third kappa shape index (κ3) is 5.18. The second-order valence-corrected chi connectivity index (χ2v) is 7.06. The quantitative estimate of drug-likeness (QED) is 0.693. The number of aliphatic hydroxyl groups is 1. The predicted molar refractivity (Wildman–Crippen MR) is 113 cm³/mol. The topological polar surface area (TPSA) is 88.1 Å². The van der Waals surface area contributed by atoms with Gasteiger partial charge in [0.2, 0.25) is 11.8 Å². The fourth-order valence-corrected chi connectivity index (χ4v) is 3.39. The molecule has 2 N–H and O–H groups in total. The highest BCUT2D eigenvalue weighted by molar-refractivity contribution is 5.89. The Labute approximate surface area is 175 Å². The van der Waals surface area contributed by atoms with Gasteiger partial charge in [-0.25, -0.2) is 0 Å². The highest BCUT2D eigenvalue weighted by Gasteiger charge is 2.22. The Morgan fingerprint density at radius 1 is 1.17 bits per heavy atom. The molecule has 0 aliphatic carbocycles. The van der Waals surface area contributed by atoms with E-state index in [0.717, 1.165) is 16.7 Å². The highest BCUT2D eigenvalue weighted by Crippen LogP contribution is 2.32. The van der Waals surface area contributed by atoms with Crippen molar-refractivity contribution in [2.75, 3.05) is 27.4 Å². The molecule has 1 aliphatic rings. The zero-order valence-corrected chi connectivity index (χ0v) is 17.1. The Morgan fingerprint density at radius 3 is 2.53 bits per heavy atom. The van der Waals surface area contributed by atoms with Crippen LogP contribution in [0, 0.1) is 0 Å². The number of rotatable bonds is 8. The molecule has 3 rings (SSSR count). The summed E-state index contributed by atoms with van der Waals surface area (Å²) in [6.45, 7) is -0.307. The summed E-state index contributed by atoms with van der Waals surface area (Å²) >= 11 is 0. The van der Waals surface area contributed by atoms with Crippen LogP contribution in [0.3, 0.4) is 0 Å². The van der Waals surface area contributed by atoms with Gasteiger partial charge in [-0.1, -0.05) is 30.3 Å². The Balaban J connectivity index is 1.66. The summed E-state index contributed by atoms with van der Waals surface area (Å²) in [4.78, 5) is 26.6. The summed E-state index contributed by atoms with van der Waals surface area (Å²) in [7, 11) is 3.10. The number of carbonyl (C=O) groups excluding carboxylic acids is 2. The molecule has 1 unspecified atom stereocenters. The maximum atomic E-state index is 12.7. The summed E-state index contributed by atoms with van der Waals surface area (Å²) in [6, 6.07) is 12.8. The summed E-state index contributed by atoms with van der Waals surface area (Å²) in [5.41, 5.74) is 2.65. The van der Waals surface area contributed by atoms with Gasteiger partial charge in [0.1, 0.15) is 6.54 Å². The molecule has 0 fully saturated rings. The predicted octanol–water partition coefficient (Wildman–Crippen LogP) is 1.78. The molecule has 158 valence electrons. The second-order valence-electron chi connectivity index (χ2n) is 7.06. The molecule has 7 nitrogen and oxygen atoms in total. The second kappa shape index (κ2) is 9.93. The number of aliphatic hydroxyl groups excluding tert-OH is 1. The van der Waals surface area contributed by atoms with Gasteiger partial charge in [-0.05, 0) is 41.3 Å². The largest absolute Gasteiger partial charge is 0.493 e. The third-order valence-corrected chi connectivity index (χ3v) is 4.97. The monoisotopic (exact) mass is 410 g/mol. The van der Waals surface area contributed by atoms with Crippen molar-refractivity contribution < 1.29 is 24.2 Å². The highest BCUT2D eigenvalue weighted by atomic mass is 16.5. The van der Waals surface area contributed by atoms with Crippen molar-refractivity contribution in [3.05, 3.63) is 65.4 Å². The first-order chi connectivity index (χ1) is 14.5. The molecule has 0 bridgehead atoms. The molecule has 2 amide bonds. The van der Waals surface area contributed by atoms with Crippen molar-refractivity contribution in [3.63, 3.8) is 0 Å². The minimum atomic E-state index is -0.420. The fourth-order valence-electron chi connectivity index (χ4n) is 3.39. The lowest BCUT2D eigenvalue weighted by atomic mass is 10.0. The Kier molecular flexibility index (Phi) is 7.08. The van der Waals surface area contributed by atoms with Gasteiger partial charge >= 0.3 is 0 Å². The van der Waals surface area contributed by atoms with Crippen LogP contribution in [0.2, 0.25) is 0 Å². The first-order valence-electron chi connectivity index (χ1n) is 9.70. The van der Waals surface area contributed by atoms with E-state index in [2.05, 4.69) is 5.32 Å². The number of methoxy groups -OCH3 is 2. The van der Waals surface area contributed by atoms with Crippen molar-refractivity contribution in [2.45, 2.75) is 18.9 Å². The fraction of sp³-hybridized carbons (Fsp3) is 0.304. The number of hydrogen-bond donors (Lipinski definition) is 2. The molecule has 1 aliphatic heterocycles. The lowest BCUT2D eigenvalue weighted by molar-refractivity contribution is -0.133. The average Bonchev–Trinajstić information content (AvgIpc) is 2.91. The summed E-state index contributed by atoms with van der Waals surface area (Å²) in [5, 5.41) is 12.4. The number of amides is 2. The molecular formula is C23H26N2O5. The molecule has 1 heterocycles. The van der Waals surface area contributed by atoms with Crippen molar-refractivity contribution in [1.82, 2.24) is 10.2 Å². The van der Waals surface area contributed by atoms with Crippen molar-refractivity contribution in [2.24, 2.45) is 0 Å². The number of nitrogens with one attached hydrogen (secondary N) is 1. The normalized spacial score (nSPS) is 14.0. The Bertz CT molecular complexity index is 927. The van der Waals surface area contributed by atoms with E-state index in [1.54, 1.807) is 32.6 Å². The van der Waals surface area contributed by atoms with E-state index in [1.165, 1.54) is 4.90 Å². The van der Waals surface area contributed by atoms with Crippen LogP contribution in [0.25, 0.3) is 6.08 Å². The van der Waals surface area contributed by atoms with E-state index in [-0.39, 0.29) is 31.4 Å². The zero-order valence-electron chi connectivity index (χ0n) is 17.1. The average molecular weight is 410 g/mol. The lowest BCUT2D eigenvalue weighted by Gasteiger charge is -2.20. The standard InChI is InChI=1S/C23H26N2O5/c1-29-20-11-17-8-9-25(23(28)13-18(17)12-21(20)30-2)14-22(27)24-19(15-26)10-16-6-4-3-5-7-16/h3-9,11-12,19,26H,10,13-15H2,1-2H3,(H,24,27). The van der Waals surface area contributed by atoms with E-state index < -0.39 is 6.04 Å². The number of benzene rings is 2. The minimum absolute atomic E-state index is 0.122. The Hall–Kier alpha value is -3.32. The lowest BCUT2D eigenvalue weighted by Crippen LogP contribution is -2.44. The first-order valence-corrected chi connectivity index (χ1v) is 9.70. The molecule has 0 aromatic heterocycles. The summed E-state index contributed by atoms with van der Waals surface area (Å²) in [5.74, 6) is 0.599. The molecule has 0 spiro atoms. The van der Waals surface area contributed by atoms with E-state index >= 15 is 0 Å². The van der Waals surface area contributed by atoms with Crippen LogP contribution in [0.4, 0.5) is 0 Å². The van der Waals surface area contributed by atoms with Crippen LogP contribution in [-0.4, -0.2) is 55.2 Å². The van der Waals surface area contributed by atoms with Crippen LogP contribution < -0.4 is 14.8 Å². The molecule has 1 atom stereocenters. The van der Waals surface area contributed by atoms with Gasteiger partial charge in [-0.2, -0.15) is 0 Å². The van der Waals surface area contributed by atoms with Crippen LogP contribution >= 0.6 is 0 Å². The molecule has 2 aromatic rings. The van der Waals surface area contributed by atoms with E-state index in [4.69, 9.17) is 9.47 Å².